The van der Waals surface area contributed by atoms with Crippen molar-refractivity contribution < 1.29 is 8.42 Å². The molecule has 30 heavy (non-hydrogen) atoms. The summed E-state index contributed by atoms with van der Waals surface area (Å²) in [6.07, 6.45) is 5.96. The third-order valence-corrected chi connectivity index (χ3v) is 6.74. The maximum atomic E-state index is 12.8. The molecular formula is C21H26N6O2S. The number of sulfonamides is 1. The van der Waals surface area contributed by atoms with E-state index in [9.17, 15) is 8.42 Å². The van der Waals surface area contributed by atoms with Crippen molar-refractivity contribution in [3.8, 4) is 0 Å². The van der Waals surface area contributed by atoms with Crippen molar-refractivity contribution in [2.24, 2.45) is 0 Å². The fourth-order valence-electron chi connectivity index (χ4n) is 3.67. The van der Waals surface area contributed by atoms with Crippen molar-refractivity contribution in [2.75, 3.05) is 44.2 Å². The van der Waals surface area contributed by atoms with Crippen LogP contribution in [0.5, 0.6) is 0 Å². The minimum Gasteiger partial charge on any atom is -0.338 e. The van der Waals surface area contributed by atoms with Crippen LogP contribution in [0.25, 0.3) is 10.9 Å². The zero-order valence-corrected chi connectivity index (χ0v) is 17.8. The Morgan fingerprint density at radius 3 is 2.57 bits per heavy atom. The molecule has 158 valence electrons. The van der Waals surface area contributed by atoms with E-state index in [0.717, 1.165) is 56.0 Å². The number of nitrogens with one attached hydrogen (secondary N) is 1. The molecule has 0 atom stereocenters. The quantitative estimate of drug-likeness (QED) is 0.576. The molecule has 0 spiro atoms. The van der Waals surface area contributed by atoms with Crippen LogP contribution in [0.1, 0.15) is 12.0 Å². The minimum atomic E-state index is -3.60. The number of rotatable bonds is 7. The van der Waals surface area contributed by atoms with Crippen LogP contribution in [0.2, 0.25) is 0 Å². The zero-order valence-electron chi connectivity index (χ0n) is 17.0. The summed E-state index contributed by atoms with van der Waals surface area (Å²) >= 11 is 0. The number of pyridine rings is 1. The molecule has 0 aliphatic carbocycles. The number of nitrogens with zero attached hydrogens (tertiary/aromatic N) is 5. The number of anilines is 1. The molecule has 2 aromatic heterocycles. The SMILES string of the molecule is Cc1cnc2c(S(=O)(=O)NCCCN3CCN(c4ncccn4)CC3)cccc2c1. The Hall–Kier alpha value is -2.62. The molecule has 1 aromatic carbocycles. The Morgan fingerprint density at radius 2 is 1.80 bits per heavy atom. The number of para-hydroxylation sites is 1. The molecule has 1 fully saturated rings. The maximum Gasteiger partial charge on any atom is 0.242 e. The molecule has 1 N–H and O–H groups in total. The standard InChI is InChI=1S/C21H26N6O2S/c1-17-15-18-5-2-6-19(20(18)24-16-17)30(28,29)25-9-4-10-26-11-13-27(14-12-26)21-22-7-3-8-23-21/h2-3,5-8,15-16,25H,4,9-14H2,1H3. The smallest absolute Gasteiger partial charge is 0.242 e. The number of aromatic nitrogens is 3. The van der Waals surface area contributed by atoms with Crippen molar-refractivity contribution in [3.05, 3.63) is 54.5 Å². The fourth-order valence-corrected chi connectivity index (χ4v) is 4.92. The molecule has 9 heteroatoms. The van der Waals surface area contributed by atoms with E-state index in [1.165, 1.54) is 0 Å². The number of fused-ring (bicyclic) bond motifs is 1. The average Bonchev–Trinajstić information content (AvgIpc) is 2.77. The molecular weight excluding hydrogens is 400 g/mol. The van der Waals surface area contributed by atoms with Gasteiger partial charge in [0.1, 0.15) is 4.90 Å². The Balaban J connectivity index is 1.28. The van der Waals surface area contributed by atoms with Gasteiger partial charge in [0.15, 0.2) is 0 Å². The second kappa shape index (κ2) is 9.03. The molecule has 3 aromatic rings. The first-order valence-electron chi connectivity index (χ1n) is 10.1. The van der Waals surface area contributed by atoms with Gasteiger partial charge in [0.05, 0.1) is 5.52 Å². The van der Waals surface area contributed by atoms with Gasteiger partial charge < -0.3 is 4.90 Å². The monoisotopic (exact) mass is 426 g/mol. The summed E-state index contributed by atoms with van der Waals surface area (Å²) in [5.74, 6) is 0.767. The lowest BCUT2D eigenvalue weighted by atomic mass is 10.2. The molecule has 0 unspecified atom stereocenters. The molecule has 1 aliphatic heterocycles. The first-order valence-corrected chi connectivity index (χ1v) is 11.6. The molecule has 3 heterocycles. The van der Waals surface area contributed by atoms with Gasteiger partial charge in [-0.05, 0) is 43.7 Å². The Morgan fingerprint density at radius 1 is 1.03 bits per heavy atom. The van der Waals surface area contributed by atoms with Gasteiger partial charge in [-0.15, -0.1) is 0 Å². The van der Waals surface area contributed by atoms with E-state index in [1.807, 2.05) is 25.1 Å². The van der Waals surface area contributed by atoms with Gasteiger partial charge in [-0.1, -0.05) is 12.1 Å². The summed E-state index contributed by atoms with van der Waals surface area (Å²) in [4.78, 5) is 17.7. The van der Waals surface area contributed by atoms with Crippen LogP contribution in [-0.2, 0) is 10.0 Å². The highest BCUT2D eigenvalue weighted by Gasteiger charge is 2.20. The van der Waals surface area contributed by atoms with E-state index in [-0.39, 0.29) is 4.90 Å². The largest absolute Gasteiger partial charge is 0.338 e. The van der Waals surface area contributed by atoms with E-state index in [4.69, 9.17) is 0 Å². The van der Waals surface area contributed by atoms with Gasteiger partial charge in [-0.3, -0.25) is 9.88 Å². The highest BCUT2D eigenvalue weighted by Crippen LogP contribution is 2.21. The van der Waals surface area contributed by atoms with Crippen LogP contribution in [0.15, 0.2) is 53.8 Å². The number of hydrogen-bond donors (Lipinski definition) is 1. The average molecular weight is 427 g/mol. The molecule has 1 saturated heterocycles. The molecule has 8 nitrogen and oxygen atoms in total. The number of aryl methyl sites for hydroxylation is 1. The molecule has 0 bridgehead atoms. The van der Waals surface area contributed by atoms with Crippen molar-refractivity contribution in [3.63, 3.8) is 0 Å². The lowest BCUT2D eigenvalue weighted by molar-refractivity contribution is 0.254. The Labute approximate surface area is 177 Å². The summed E-state index contributed by atoms with van der Waals surface area (Å²) in [6, 6.07) is 9.01. The van der Waals surface area contributed by atoms with E-state index < -0.39 is 10.0 Å². The van der Waals surface area contributed by atoms with E-state index >= 15 is 0 Å². The fraction of sp³-hybridized carbons (Fsp3) is 0.381. The zero-order chi connectivity index (χ0) is 21.0. The number of hydrogen-bond acceptors (Lipinski definition) is 7. The first-order chi connectivity index (χ1) is 14.5. The van der Waals surface area contributed by atoms with Gasteiger partial charge >= 0.3 is 0 Å². The third-order valence-electron chi connectivity index (χ3n) is 5.25. The highest BCUT2D eigenvalue weighted by molar-refractivity contribution is 7.89. The van der Waals surface area contributed by atoms with Crippen molar-refractivity contribution in [1.82, 2.24) is 24.6 Å². The molecule has 0 saturated carbocycles. The topological polar surface area (TPSA) is 91.3 Å². The van der Waals surface area contributed by atoms with Crippen LogP contribution in [0.3, 0.4) is 0 Å². The lowest BCUT2D eigenvalue weighted by Gasteiger charge is -2.34. The van der Waals surface area contributed by atoms with Crippen LogP contribution < -0.4 is 9.62 Å². The lowest BCUT2D eigenvalue weighted by Crippen LogP contribution is -2.47. The second-order valence-corrected chi connectivity index (χ2v) is 9.20. The van der Waals surface area contributed by atoms with Gasteiger partial charge in [0.2, 0.25) is 16.0 Å². The van der Waals surface area contributed by atoms with E-state index in [0.29, 0.717) is 12.1 Å². The summed E-state index contributed by atoms with van der Waals surface area (Å²) in [6.45, 7) is 6.76. The van der Waals surface area contributed by atoms with E-state index in [1.54, 1.807) is 30.7 Å². The van der Waals surface area contributed by atoms with Crippen molar-refractivity contribution in [2.45, 2.75) is 18.2 Å². The van der Waals surface area contributed by atoms with Gasteiger partial charge in [-0.2, -0.15) is 0 Å². The molecule has 0 amide bonds. The van der Waals surface area contributed by atoms with Crippen LogP contribution >= 0.6 is 0 Å². The predicted molar refractivity (Wildman–Crippen MR) is 117 cm³/mol. The normalized spacial score (nSPS) is 15.6. The minimum absolute atomic E-state index is 0.233. The third kappa shape index (κ3) is 4.75. The van der Waals surface area contributed by atoms with Crippen molar-refractivity contribution in [1.29, 1.82) is 0 Å². The van der Waals surface area contributed by atoms with Crippen LogP contribution in [-0.4, -0.2) is 67.5 Å². The predicted octanol–water partition coefficient (Wildman–Crippen LogP) is 1.82. The van der Waals surface area contributed by atoms with Crippen LogP contribution in [0.4, 0.5) is 5.95 Å². The summed E-state index contributed by atoms with van der Waals surface area (Å²) < 4.78 is 28.3. The summed E-state index contributed by atoms with van der Waals surface area (Å²) in [5, 5.41) is 0.832. The first kappa shape index (κ1) is 20.6. The van der Waals surface area contributed by atoms with Gasteiger partial charge in [-0.25, -0.2) is 23.1 Å². The molecule has 1 aliphatic rings. The van der Waals surface area contributed by atoms with Crippen molar-refractivity contribution >= 4 is 26.9 Å². The van der Waals surface area contributed by atoms with Gasteiger partial charge in [0, 0.05) is 56.7 Å². The highest BCUT2D eigenvalue weighted by atomic mass is 32.2. The molecule has 0 radical (unpaired) electrons. The molecule has 4 rings (SSSR count). The number of benzene rings is 1. The summed E-state index contributed by atoms with van der Waals surface area (Å²) in [5.41, 5.74) is 1.51. The van der Waals surface area contributed by atoms with Gasteiger partial charge in [0.25, 0.3) is 0 Å². The van der Waals surface area contributed by atoms with E-state index in [2.05, 4.69) is 29.5 Å². The Kier molecular flexibility index (Phi) is 6.21. The Bertz CT molecular complexity index is 1100. The maximum absolute atomic E-state index is 12.8. The number of piperazine rings is 1. The summed E-state index contributed by atoms with van der Waals surface area (Å²) in [7, 11) is -3.60. The van der Waals surface area contributed by atoms with Crippen LogP contribution in [0, 0.1) is 6.92 Å². The second-order valence-electron chi connectivity index (χ2n) is 7.47.